The Balaban J connectivity index is 3.62. The maximum Gasteiger partial charge on any atom is 0.306 e. The Hall–Kier alpha value is -3.44. The Morgan fingerprint density at radius 2 is 0.717 bits per heavy atom. The number of ether oxygens (including phenoxy) is 2. The fraction of sp³-hybridized carbons (Fsp3) is 0.636. The maximum absolute atomic E-state index is 12.2. The standard InChI is InChI=1S/C55H90O5/c1-3-5-7-9-11-13-15-16-17-18-19-20-21-22-23-24-25-26-27-28-29-30-31-32-33-34-35-36-37-38-40-42-44-46-48-50-55(58)60-53(51-56)52-59-54(57)49-47-45-43-41-39-14-12-10-8-6-4-2/h5,7,11,13,16-17,19-20,22-23,25-26,28-29,31-32,34-35,53,56H,3-4,6,8-10,12,14-15,18,21,24,27,30,33,36-52H2,1-2H3/b7-5-,13-11-,17-16-,20-19-,23-22-,26-25-,29-28-,32-31-,35-34-. The van der Waals surface area contributed by atoms with E-state index in [0.717, 1.165) is 103 Å². The summed E-state index contributed by atoms with van der Waals surface area (Å²) in [5, 5.41) is 9.58. The first kappa shape index (κ1) is 56.6. The number of rotatable bonds is 43. The van der Waals surface area contributed by atoms with Crippen LogP contribution in [0.25, 0.3) is 0 Å². The first-order valence-corrected chi connectivity index (χ1v) is 24.4. The molecule has 0 spiro atoms. The summed E-state index contributed by atoms with van der Waals surface area (Å²) in [4.78, 5) is 24.3. The van der Waals surface area contributed by atoms with Crippen molar-refractivity contribution in [1.29, 1.82) is 0 Å². The van der Waals surface area contributed by atoms with E-state index < -0.39 is 6.10 Å². The third-order valence-electron chi connectivity index (χ3n) is 10.1. The first-order valence-electron chi connectivity index (χ1n) is 24.4. The predicted molar refractivity (Wildman–Crippen MR) is 260 cm³/mol. The lowest BCUT2D eigenvalue weighted by molar-refractivity contribution is -0.161. The molecule has 0 heterocycles. The molecule has 1 atom stereocenters. The normalized spacial score (nSPS) is 13.2. The number of carbonyl (C=O) groups excluding carboxylic acids is 2. The Kier molecular flexibility index (Phi) is 47.1. The molecule has 0 aromatic rings. The molecule has 0 amide bonds. The molecule has 0 bridgehead atoms. The first-order chi connectivity index (χ1) is 29.6. The molecular weight excluding hydrogens is 741 g/mol. The second-order valence-corrected chi connectivity index (χ2v) is 15.8. The van der Waals surface area contributed by atoms with Crippen LogP contribution in [-0.2, 0) is 19.1 Å². The van der Waals surface area contributed by atoms with Crippen molar-refractivity contribution < 1.29 is 24.2 Å². The van der Waals surface area contributed by atoms with Crippen LogP contribution in [-0.4, -0.2) is 36.4 Å². The van der Waals surface area contributed by atoms with E-state index in [1.165, 1.54) is 77.0 Å². The lowest BCUT2D eigenvalue weighted by Gasteiger charge is -2.15. The molecule has 5 nitrogen and oxygen atoms in total. The average molecular weight is 831 g/mol. The minimum absolute atomic E-state index is 0.0740. The Morgan fingerprint density at radius 3 is 1.08 bits per heavy atom. The third kappa shape index (κ3) is 47.2. The minimum Gasteiger partial charge on any atom is -0.462 e. The quantitative estimate of drug-likeness (QED) is 0.0376. The third-order valence-corrected chi connectivity index (χ3v) is 10.1. The van der Waals surface area contributed by atoms with Crippen molar-refractivity contribution >= 4 is 11.9 Å². The molecule has 0 saturated heterocycles. The van der Waals surface area contributed by atoms with Crippen molar-refractivity contribution in [3.8, 4) is 0 Å². The van der Waals surface area contributed by atoms with Gasteiger partial charge in [-0.15, -0.1) is 0 Å². The second-order valence-electron chi connectivity index (χ2n) is 15.8. The topological polar surface area (TPSA) is 72.8 Å². The summed E-state index contributed by atoms with van der Waals surface area (Å²) in [6.45, 7) is 4.00. The zero-order valence-electron chi connectivity index (χ0n) is 38.7. The number of esters is 2. The molecule has 5 heteroatoms. The van der Waals surface area contributed by atoms with E-state index in [2.05, 4.69) is 123 Å². The number of aliphatic hydroxyl groups is 1. The van der Waals surface area contributed by atoms with Crippen LogP contribution in [0.1, 0.15) is 206 Å². The maximum atomic E-state index is 12.2. The highest BCUT2D eigenvalue weighted by Gasteiger charge is 2.16. The molecule has 0 fully saturated rings. The van der Waals surface area contributed by atoms with Crippen molar-refractivity contribution in [2.75, 3.05) is 13.2 Å². The fourth-order valence-corrected chi connectivity index (χ4v) is 6.43. The summed E-state index contributed by atoms with van der Waals surface area (Å²) in [6, 6.07) is 0. The van der Waals surface area contributed by atoms with Crippen LogP contribution in [0.15, 0.2) is 109 Å². The van der Waals surface area contributed by atoms with Gasteiger partial charge in [0.1, 0.15) is 6.61 Å². The lowest BCUT2D eigenvalue weighted by Crippen LogP contribution is -2.28. The summed E-state index contributed by atoms with van der Waals surface area (Å²) in [6.07, 6.45) is 71.8. The van der Waals surface area contributed by atoms with Gasteiger partial charge < -0.3 is 14.6 Å². The summed E-state index contributed by atoms with van der Waals surface area (Å²) in [7, 11) is 0. The minimum atomic E-state index is -0.781. The zero-order valence-corrected chi connectivity index (χ0v) is 38.7. The molecule has 0 aliphatic carbocycles. The van der Waals surface area contributed by atoms with E-state index in [9.17, 15) is 14.7 Å². The van der Waals surface area contributed by atoms with Crippen LogP contribution < -0.4 is 0 Å². The van der Waals surface area contributed by atoms with Crippen molar-refractivity contribution in [3.63, 3.8) is 0 Å². The number of allylic oxidation sites excluding steroid dienone is 18. The van der Waals surface area contributed by atoms with E-state index in [1.54, 1.807) is 0 Å². The SMILES string of the molecule is CC/C=C\C/C=C\C/C=C\C/C=C\C/C=C\C/C=C\C/C=C\C/C=C\C/C=C\CCCCCCCCCC(=O)OC(CO)COC(=O)CCCCCCCCCCCCC. The van der Waals surface area contributed by atoms with Gasteiger partial charge in [-0.25, -0.2) is 0 Å². The van der Waals surface area contributed by atoms with Crippen LogP contribution in [0.4, 0.5) is 0 Å². The van der Waals surface area contributed by atoms with Gasteiger partial charge in [0, 0.05) is 12.8 Å². The molecule has 0 aromatic carbocycles. The van der Waals surface area contributed by atoms with Gasteiger partial charge >= 0.3 is 11.9 Å². The van der Waals surface area contributed by atoms with E-state index in [4.69, 9.17) is 9.47 Å². The summed E-state index contributed by atoms with van der Waals surface area (Å²) < 4.78 is 10.6. The summed E-state index contributed by atoms with van der Waals surface area (Å²) in [5.41, 5.74) is 0. The number of hydrogen-bond acceptors (Lipinski definition) is 5. The van der Waals surface area contributed by atoms with E-state index >= 15 is 0 Å². The lowest BCUT2D eigenvalue weighted by atomic mass is 10.1. The van der Waals surface area contributed by atoms with Crippen LogP contribution in [0.5, 0.6) is 0 Å². The summed E-state index contributed by atoms with van der Waals surface area (Å²) >= 11 is 0. The zero-order chi connectivity index (χ0) is 43.5. The smallest absolute Gasteiger partial charge is 0.306 e. The highest BCUT2D eigenvalue weighted by Crippen LogP contribution is 2.13. The van der Waals surface area contributed by atoms with Gasteiger partial charge in [0.15, 0.2) is 6.10 Å². The second kappa shape index (κ2) is 49.9. The van der Waals surface area contributed by atoms with E-state index in [1.807, 2.05) is 0 Å². The summed E-state index contributed by atoms with van der Waals surface area (Å²) in [5.74, 6) is -0.609. The molecule has 340 valence electrons. The van der Waals surface area contributed by atoms with Gasteiger partial charge in [-0.3, -0.25) is 9.59 Å². The van der Waals surface area contributed by atoms with Crippen molar-refractivity contribution in [2.24, 2.45) is 0 Å². The molecule has 0 aliphatic heterocycles. The average Bonchev–Trinajstić information content (AvgIpc) is 3.25. The van der Waals surface area contributed by atoms with Crippen molar-refractivity contribution in [2.45, 2.75) is 213 Å². The fourth-order valence-electron chi connectivity index (χ4n) is 6.43. The largest absolute Gasteiger partial charge is 0.462 e. The molecule has 1 N–H and O–H groups in total. The van der Waals surface area contributed by atoms with Crippen molar-refractivity contribution in [1.82, 2.24) is 0 Å². The van der Waals surface area contributed by atoms with Crippen molar-refractivity contribution in [3.05, 3.63) is 109 Å². The van der Waals surface area contributed by atoms with Crippen LogP contribution in [0.2, 0.25) is 0 Å². The van der Waals surface area contributed by atoms with Crippen LogP contribution in [0, 0.1) is 0 Å². The molecule has 0 aliphatic rings. The monoisotopic (exact) mass is 831 g/mol. The van der Waals surface area contributed by atoms with Gasteiger partial charge in [0.05, 0.1) is 6.61 Å². The van der Waals surface area contributed by atoms with Gasteiger partial charge in [-0.2, -0.15) is 0 Å². The van der Waals surface area contributed by atoms with Gasteiger partial charge in [-0.05, 0) is 83.5 Å². The molecular formula is C55H90O5. The molecule has 0 aromatic heterocycles. The highest BCUT2D eigenvalue weighted by atomic mass is 16.6. The number of hydrogen-bond donors (Lipinski definition) is 1. The Bertz CT molecular complexity index is 1210. The molecule has 0 radical (unpaired) electrons. The van der Waals surface area contributed by atoms with E-state index in [-0.39, 0.29) is 25.2 Å². The van der Waals surface area contributed by atoms with Gasteiger partial charge in [0.25, 0.3) is 0 Å². The van der Waals surface area contributed by atoms with Gasteiger partial charge in [-0.1, -0.05) is 220 Å². The molecule has 60 heavy (non-hydrogen) atoms. The van der Waals surface area contributed by atoms with Crippen LogP contribution >= 0.6 is 0 Å². The number of unbranched alkanes of at least 4 members (excludes halogenated alkanes) is 17. The molecule has 0 rings (SSSR count). The molecule has 0 saturated carbocycles. The number of carbonyl (C=O) groups is 2. The molecule has 1 unspecified atom stereocenters. The van der Waals surface area contributed by atoms with E-state index in [0.29, 0.717) is 12.8 Å². The highest BCUT2D eigenvalue weighted by molar-refractivity contribution is 5.70. The van der Waals surface area contributed by atoms with Crippen LogP contribution in [0.3, 0.4) is 0 Å². The Morgan fingerprint density at radius 1 is 0.400 bits per heavy atom. The Labute approximate surface area is 370 Å². The van der Waals surface area contributed by atoms with Gasteiger partial charge in [0.2, 0.25) is 0 Å². The number of aliphatic hydroxyl groups excluding tert-OH is 1. The predicted octanol–water partition coefficient (Wildman–Crippen LogP) is 16.2.